The van der Waals surface area contributed by atoms with Crippen molar-refractivity contribution in [2.75, 3.05) is 7.11 Å². The maximum atomic E-state index is 11.0. The lowest BCUT2D eigenvalue weighted by Crippen LogP contribution is -2.16. The number of esters is 1. The van der Waals surface area contributed by atoms with Gasteiger partial charge >= 0.3 is 5.97 Å². The first kappa shape index (κ1) is 8.27. The molecular formula is C8H12O3. The number of aliphatic hydroxyl groups excluding tert-OH is 1. The van der Waals surface area contributed by atoms with Crippen LogP contribution in [0.15, 0.2) is 11.6 Å². The third kappa shape index (κ3) is 1.60. The summed E-state index contributed by atoms with van der Waals surface area (Å²) in [7, 11) is 1.36. The van der Waals surface area contributed by atoms with Crippen molar-refractivity contribution in [3.63, 3.8) is 0 Å². The summed E-state index contributed by atoms with van der Waals surface area (Å²) in [6.07, 6.45) is 1.69. The maximum absolute atomic E-state index is 11.0. The van der Waals surface area contributed by atoms with Gasteiger partial charge in [0, 0.05) is 0 Å². The molecule has 1 N–H and O–H groups in total. The molecule has 0 saturated heterocycles. The Labute approximate surface area is 65.7 Å². The van der Waals surface area contributed by atoms with Crippen molar-refractivity contribution < 1.29 is 14.6 Å². The minimum absolute atomic E-state index is 0.227. The predicted molar refractivity (Wildman–Crippen MR) is 39.9 cm³/mol. The summed E-state index contributed by atoms with van der Waals surface area (Å²) in [5.41, 5.74) is 0.907. The quantitative estimate of drug-likeness (QED) is 0.444. The predicted octanol–water partition coefficient (Wildman–Crippen LogP) is 0.486. The summed E-state index contributed by atoms with van der Waals surface area (Å²) in [5.74, 6) is -0.481. The molecule has 0 spiro atoms. The second kappa shape index (κ2) is 3.05. The van der Waals surface area contributed by atoms with Gasteiger partial charge in [-0.15, -0.1) is 0 Å². The molecule has 0 bridgehead atoms. The third-order valence-corrected chi connectivity index (χ3v) is 1.97. The van der Waals surface area contributed by atoms with E-state index in [1.165, 1.54) is 7.11 Å². The van der Waals surface area contributed by atoms with Crippen LogP contribution in [0.25, 0.3) is 0 Å². The number of hydrogen-bond acceptors (Lipinski definition) is 3. The van der Waals surface area contributed by atoms with Crippen LogP contribution in [0.3, 0.4) is 0 Å². The summed E-state index contributed by atoms with van der Waals surface area (Å²) >= 11 is 0. The fourth-order valence-corrected chi connectivity index (χ4v) is 1.34. The molecule has 0 aromatic carbocycles. The van der Waals surface area contributed by atoms with Gasteiger partial charge in [-0.05, 0) is 13.3 Å². The van der Waals surface area contributed by atoms with Crippen LogP contribution in [-0.2, 0) is 9.53 Å². The minimum Gasteiger partial charge on any atom is -0.469 e. The monoisotopic (exact) mass is 156 g/mol. The number of aliphatic hydroxyl groups is 1. The Kier molecular flexibility index (Phi) is 2.29. The maximum Gasteiger partial charge on any atom is 0.312 e. The van der Waals surface area contributed by atoms with Crippen LogP contribution in [0.5, 0.6) is 0 Å². The fraction of sp³-hybridized carbons (Fsp3) is 0.625. The van der Waals surface area contributed by atoms with Crippen molar-refractivity contribution in [2.24, 2.45) is 5.92 Å². The minimum atomic E-state index is -0.473. The van der Waals surface area contributed by atoms with Crippen molar-refractivity contribution in [3.8, 4) is 0 Å². The van der Waals surface area contributed by atoms with Gasteiger partial charge in [0.05, 0.1) is 19.1 Å². The SMILES string of the molecule is COC(=O)[C@H]1C[C@@H](O)C=C1C. The Balaban J connectivity index is 2.64. The molecule has 62 valence electrons. The van der Waals surface area contributed by atoms with Crippen LogP contribution in [0.2, 0.25) is 0 Å². The Hall–Kier alpha value is -0.830. The molecule has 0 radical (unpaired) electrons. The number of rotatable bonds is 1. The third-order valence-electron chi connectivity index (χ3n) is 1.97. The largest absolute Gasteiger partial charge is 0.469 e. The summed E-state index contributed by atoms with van der Waals surface area (Å²) < 4.78 is 4.56. The zero-order valence-electron chi connectivity index (χ0n) is 6.70. The Morgan fingerprint density at radius 3 is 2.82 bits per heavy atom. The van der Waals surface area contributed by atoms with Gasteiger partial charge in [-0.25, -0.2) is 0 Å². The average molecular weight is 156 g/mol. The van der Waals surface area contributed by atoms with Crippen molar-refractivity contribution >= 4 is 5.97 Å². The summed E-state index contributed by atoms with van der Waals surface area (Å²) in [5, 5.41) is 9.13. The number of methoxy groups -OCH3 is 1. The molecule has 3 nitrogen and oxygen atoms in total. The molecular weight excluding hydrogens is 144 g/mol. The van der Waals surface area contributed by atoms with E-state index in [0.717, 1.165) is 5.57 Å². The lowest BCUT2D eigenvalue weighted by atomic mass is 10.0. The number of carbonyl (C=O) groups is 1. The van der Waals surface area contributed by atoms with E-state index < -0.39 is 6.10 Å². The van der Waals surface area contributed by atoms with Crippen LogP contribution >= 0.6 is 0 Å². The van der Waals surface area contributed by atoms with E-state index >= 15 is 0 Å². The lowest BCUT2D eigenvalue weighted by Gasteiger charge is -2.08. The van der Waals surface area contributed by atoms with Crippen molar-refractivity contribution in [3.05, 3.63) is 11.6 Å². The van der Waals surface area contributed by atoms with Crippen LogP contribution in [0.4, 0.5) is 0 Å². The van der Waals surface area contributed by atoms with E-state index in [1.54, 1.807) is 6.08 Å². The van der Waals surface area contributed by atoms with Crippen LogP contribution < -0.4 is 0 Å². The van der Waals surface area contributed by atoms with Crippen molar-refractivity contribution in [2.45, 2.75) is 19.4 Å². The van der Waals surface area contributed by atoms with Gasteiger partial charge in [-0.2, -0.15) is 0 Å². The topological polar surface area (TPSA) is 46.5 Å². The zero-order valence-corrected chi connectivity index (χ0v) is 6.70. The van der Waals surface area contributed by atoms with Gasteiger partial charge in [0.1, 0.15) is 0 Å². The van der Waals surface area contributed by atoms with Gasteiger partial charge in [-0.1, -0.05) is 11.6 Å². The second-order valence-corrected chi connectivity index (χ2v) is 2.79. The van der Waals surface area contributed by atoms with Crippen LogP contribution in [-0.4, -0.2) is 24.3 Å². The number of carbonyl (C=O) groups excluding carboxylic acids is 1. The fourth-order valence-electron chi connectivity index (χ4n) is 1.34. The Morgan fingerprint density at radius 2 is 2.45 bits per heavy atom. The molecule has 11 heavy (non-hydrogen) atoms. The summed E-state index contributed by atoms with van der Waals surface area (Å²) in [6, 6.07) is 0. The molecule has 0 aromatic rings. The van der Waals surface area contributed by atoms with Gasteiger partial charge in [0.25, 0.3) is 0 Å². The van der Waals surface area contributed by atoms with Gasteiger partial charge in [0.2, 0.25) is 0 Å². The van der Waals surface area contributed by atoms with E-state index in [-0.39, 0.29) is 11.9 Å². The first-order valence-electron chi connectivity index (χ1n) is 3.59. The van der Waals surface area contributed by atoms with E-state index in [4.69, 9.17) is 5.11 Å². The van der Waals surface area contributed by atoms with E-state index in [9.17, 15) is 4.79 Å². The highest BCUT2D eigenvalue weighted by molar-refractivity contribution is 5.76. The smallest absolute Gasteiger partial charge is 0.312 e. The summed E-state index contributed by atoms with van der Waals surface area (Å²) in [4.78, 5) is 11.0. The molecule has 2 atom stereocenters. The number of ether oxygens (including phenoxy) is 1. The van der Waals surface area contributed by atoms with Crippen LogP contribution in [0, 0.1) is 5.92 Å². The van der Waals surface area contributed by atoms with E-state index in [1.807, 2.05) is 6.92 Å². The molecule has 0 unspecified atom stereocenters. The highest BCUT2D eigenvalue weighted by Crippen LogP contribution is 2.26. The zero-order chi connectivity index (χ0) is 8.43. The Bertz CT molecular complexity index is 196. The molecule has 0 aliphatic heterocycles. The first-order valence-corrected chi connectivity index (χ1v) is 3.59. The second-order valence-electron chi connectivity index (χ2n) is 2.79. The lowest BCUT2D eigenvalue weighted by molar-refractivity contribution is -0.144. The first-order chi connectivity index (χ1) is 5.15. The van der Waals surface area contributed by atoms with Crippen LogP contribution in [0.1, 0.15) is 13.3 Å². The molecule has 1 rings (SSSR count). The normalized spacial score (nSPS) is 29.9. The molecule has 0 heterocycles. The molecule has 0 aromatic heterocycles. The standard InChI is InChI=1S/C8H12O3/c1-5-3-6(9)4-7(5)8(10)11-2/h3,6-7,9H,4H2,1-2H3/t6-,7-/m0/s1. The molecule has 1 aliphatic rings. The molecule has 0 amide bonds. The van der Waals surface area contributed by atoms with Gasteiger partial charge in [0.15, 0.2) is 0 Å². The van der Waals surface area contributed by atoms with Crippen molar-refractivity contribution in [1.82, 2.24) is 0 Å². The highest BCUT2D eigenvalue weighted by atomic mass is 16.5. The van der Waals surface area contributed by atoms with E-state index in [0.29, 0.717) is 6.42 Å². The average Bonchev–Trinajstić information content (AvgIpc) is 2.28. The number of hydrogen-bond donors (Lipinski definition) is 1. The van der Waals surface area contributed by atoms with Gasteiger partial charge in [-0.3, -0.25) is 4.79 Å². The van der Waals surface area contributed by atoms with Crippen molar-refractivity contribution in [1.29, 1.82) is 0 Å². The van der Waals surface area contributed by atoms with Gasteiger partial charge < -0.3 is 9.84 Å². The highest BCUT2D eigenvalue weighted by Gasteiger charge is 2.28. The summed E-state index contributed by atoms with van der Waals surface area (Å²) in [6.45, 7) is 1.83. The molecule has 3 heteroatoms. The molecule has 0 fully saturated rings. The van der Waals surface area contributed by atoms with E-state index in [2.05, 4.69) is 4.74 Å². The molecule has 0 saturated carbocycles. The Morgan fingerprint density at radius 1 is 1.82 bits per heavy atom. The molecule has 1 aliphatic carbocycles.